The SMILES string of the molecule is O=c1[nH]c(=O)n([C@@H]2O[C@H](CO)C[C@H]2O)cc1/C(Cl)=C\I. The highest BCUT2D eigenvalue weighted by atomic mass is 127. The third-order valence-corrected chi connectivity index (χ3v) is 4.27. The number of hydrogen-bond acceptors (Lipinski definition) is 5. The number of ether oxygens (including phenoxy) is 1. The van der Waals surface area contributed by atoms with Gasteiger partial charge in [0.15, 0.2) is 6.23 Å². The second-order valence-electron chi connectivity index (χ2n) is 4.30. The van der Waals surface area contributed by atoms with Crippen molar-refractivity contribution in [1.82, 2.24) is 9.55 Å². The molecule has 0 unspecified atom stereocenters. The highest BCUT2D eigenvalue weighted by molar-refractivity contribution is 14.1. The summed E-state index contributed by atoms with van der Waals surface area (Å²) in [5.41, 5.74) is -1.22. The fraction of sp³-hybridized carbons (Fsp3) is 0.455. The summed E-state index contributed by atoms with van der Waals surface area (Å²) in [6, 6.07) is 0. The van der Waals surface area contributed by atoms with Crippen molar-refractivity contribution in [1.29, 1.82) is 0 Å². The summed E-state index contributed by atoms with van der Waals surface area (Å²) in [6.45, 7) is -0.257. The van der Waals surface area contributed by atoms with Crippen LogP contribution in [0.1, 0.15) is 18.2 Å². The van der Waals surface area contributed by atoms with Gasteiger partial charge in [-0.2, -0.15) is 0 Å². The number of aliphatic hydroxyl groups is 2. The molecule has 0 amide bonds. The van der Waals surface area contributed by atoms with Gasteiger partial charge >= 0.3 is 5.69 Å². The number of nitrogens with zero attached hydrogens (tertiary/aromatic N) is 1. The van der Waals surface area contributed by atoms with Crippen molar-refractivity contribution in [3.8, 4) is 0 Å². The number of aromatic nitrogens is 2. The Hall–Kier alpha value is -0.680. The van der Waals surface area contributed by atoms with Crippen LogP contribution in [0.2, 0.25) is 0 Å². The monoisotopic (exact) mass is 414 g/mol. The van der Waals surface area contributed by atoms with Gasteiger partial charge in [-0.05, 0) is 4.08 Å². The van der Waals surface area contributed by atoms with E-state index in [0.29, 0.717) is 0 Å². The fourth-order valence-electron chi connectivity index (χ4n) is 2.00. The smallest absolute Gasteiger partial charge is 0.330 e. The van der Waals surface area contributed by atoms with Crippen LogP contribution in [0, 0.1) is 0 Å². The third kappa shape index (κ3) is 2.98. The van der Waals surface area contributed by atoms with E-state index in [-0.39, 0.29) is 23.6 Å². The summed E-state index contributed by atoms with van der Waals surface area (Å²) in [5.74, 6) is 0. The van der Waals surface area contributed by atoms with E-state index in [4.69, 9.17) is 21.4 Å². The normalized spacial score (nSPS) is 27.0. The maximum atomic E-state index is 11.8. The molecule has 1 aliphatic rings. The predicted octanol–water partition coefficient (Wildman–Crippen LogP) is 0.150. The average Bonchev–Trinajstić information content (AvgIpc) is 2.79. The first-order valence-corrected chi connectivity index (χ1v) is 7.36. The van der Waals surface area contributed by atoms with Crippen molar-refractivity contribution in [3.63, 3.8) is 0 Å². The Bertz CT molecular complexity index is 640. The van der Waals surface area contributed by atoms with Crippen LogP contribution < -0.4 is 11.2 Å². The zero-order valence-corrected chi connectivity index (χ0v) is 13.0. The Balaban J connectivity index is 2.47. The molecule has 1 aromatic rings. The number of aliphatic hydroxyl groups excluding tert-OH is 2. The van der Waals surface area contributed by atoms with E-state index in [0.717, 1.165) is 4.57 Å². The number of aromatic amines is 1. The summed E-state index contributed by atoms with van der Waals surface area (Å²) in [4.78, 5) is 25.6. The summed E-state index contributed by atoms with van der Waals surface area (Å²) in [6.07, 6.45) is -1.02. The Kier molecular flexibility index (Phi) is 5.02. The van der Waals surface area contributed by atoms with Gasteiger partial charge in [0.2, 0.25) is 0 Å². The Morgan fingerprint density at radius 3 is 2.90 bits per heavy atom. The van der Waals surface area contributed by atoms with Crippen LogP contribution in [0.5, 0.6) is 0 Å². The van der Waals surface area contributed by atoms with Gasteiger partial charge in [0.1, 0.15) is 6.10 Å². The average molecular weight is 415 g/mol. The number of rotatable bonds is 3. The first-order chi connectivity index (χ1) is 9.47. The van der Waals surface area contributed by atoms with E-state index in [1.807, 2.05) is 22.6 Å². The van der Waals surface area contributed by atoms with Crippen molar-refractivity contribution in [3.05, 3.63) is 36.7 Å². The highest BCUT2D eigenvalue weighted by Gasteiger charge is 2.35. The van der Waals surface area contributed by atoms with Gasteiger partial charge in [-0.25, -0.2) is 4.79 Å². The van der Waals surface area contributed by atoms with Crippen molar-refractivity contribution in [2.75, 3.05) is 6.61 Å². The maximum absolute atomic E-state index is 11.8. The molecule has 1 aliphatic heterocycles. The predicted molar refractivity (Wildman–Crippen MR) is 80.8 cm³/mol. The summed E-state index contributed by atoms with van der Waals surface area (Å²) in [7, 11) is 0. The molecule has 7 nitrogen and oxygen atoms in total. The molecule has 0 aliphatic carbocycles. The molecule has 0 bridgehead atoms. The second kappa shape index (κ2) is 6.39. The van der Waals surface area contributed by atoms with Crippen LogP contribution in [-0.2, 0) is 4.74 Å². The van der Waals surface area contributed by atoms with Gasteiger partial charge in [0.25, 0.3) is 5.56 Å². The van der Waals surface area contributed by atoms with Crippen molar-refractivity contribution in [2.24, 2.45) is 0 Å². The Morgan fingerprint density at radius 1 is 1.65 bits per heavy atom. The first-order valence-electron chi connectivity index (χ1n) is 5.74. The molecule has 0 saturated carbocycles. The van der Waals surface area contributed by atoms with Gasteiger partial charge in [-0.3, -0.25) is 14.3 Å². The molecule has 0 spiro atoms. The zero-order chi connectivity index (χ0) is 14.9. The first kappa shape index (κ1) is 15.7. The maximum Gasteiger partial charge on any atom is 0.330 e. The molecular formula is C11H12ClIN2O5. The largest absolute Gasteiger partial charge is 0.394 e. The minimum Gasteiger partial charge on any atom is -0.394 e. The molecule has 2 rings (SSSR count). The third-order valence-electron chi connectivity index (χ3n) is 2.96. The van der Waals surface area contributed by atoms with Crippen LogP contribution in [0.3, 0.4) is 0 Å². The van der Waals surface area contributed by atoms with E-state index in [1.165, 1.54) is 10.3 Å². The summed E-state index contributed by atoms with van der Waals surface area (Å²) >= 11 is 7.76. The zero-order valence-electron chi connectivity index (χ0n) is 10.1. The fourth-order valence-corrected chi connectivity index (χ4v) is 2.47. The summed E-state index contributed by atoms with van der Waals surface area (Å²) < 4.78 is 7.93. The minimum atomic E-state index is -0.964. The van der Waals surface area contributed by atoms with Gasteiger partial charge in [-0.15, -0.1) is 0 Å². The second-order valence-corrected chi connectivity index (χ2v) is 5.33. The quantitative estimate of drug-likeness (QED) is 0.611. The molecule has 1 aromatic heterocycles. The van der Waals surface area contributed by atoms with E-state index in [2.05, 4.69) is 4.98 Å². The number of hydrogen-bond donors (Lipinski definition) is 3. The Labute approximate surface area is 132 Å². The van der Waals surface area contributed by atoms with Gasteiger partial charge in [0, 0.05) is 12.6 Å². The minimum absolute atomic E-state index is 0.101. The number of H-pyrrole nitrogens is 1. The van der Waals surface area contributed by atoms with Crippen molar-refractivity contribution >= 4 is 39.2 Å². The lowest BCUT2D eigenvalue weighted by atomic mass is 10.2. The van der Waals surface area contributed by atoms with Crippen LogP contribution in [0.25, 0.3) is 5.03 Å². The van der Waals surface area contributed by atoms with Crippen LogP contribution in [-0.4, -0.2) is 38.6 Å². The van der Waals surface area contributed by atoms with E-state index < -0.39 is 29.7 Å². The van der Waals surface area contributed by atoms with Crippen LogP contribution in [0.4, 0.5) is 0 Å². The molecule has 1 fully saturated rings. The van der Waals surface area contributed by atoms with Crippen LogP contribution >= 0.6 is 34.2 Å². The molecule has 20 heavy (non-hydrogen) atoms. The highest BCUT2D eigenvalue weighted by Crippen LogP contribution is 2.28. The summed E-state index contributed by atoms with van der Waals surface area (Å²) in [5, 5.41) is 19.1. The van der Waals surface area contributed by atoms with Crippen molar-refractivity contribution in [2.45, 2.75) is 24.9 Å². The lowest BCUT2D eigenvalue weighted by molar-refractivity contribution is -0.0530. The molecule has 1 saturated heterocycles. The number of halogens is 2. The molecule has 0 aromatic carbocycles. The number of nitrogens with one attached hydrogen (secondary N) is 1. The molecule has 9 heteroatoms. The van der Waals surface area contributed by atoms with E-state index in [1.54, 1.807) is 0 Å². The topological polar surface area (TPSA) is 105 Å². The van der Waals surface area contributed by atoms with Gasteiger partial charge in [-0.1, -0.05) is 34.2 Å². The van der Waals surface area contributed by atoms with Crippen molar-refractivity contribution < 1.29 is 14.9 Å². The van der Waals surface area contributed by atoms with E-state index in [9.17, 15) is 14.7 Å². The lowest BCUT2D eigenvalue weighted by Crippen LogP contribution is -2.36. The Morgan fingerprint density at radius 2 is 2.35 bits per heavy atom. The standard InChI is InChI=1S/C11H12ClIN2O5/c12-7(2-13)6-3-15(11(19)14-9(6)18)10-8(17)1-5(4-16)20-10/h2-3,5,8,10,16-17H,1,4H2,(H,14,18,19)/b7-2+/t5-,8+,10+/m0/s1. The van der Waals surface area contributed by atoms with Gasteiger partial charge in [0.05, 0.1) is 23.3 Å². The molecule has 2 heterocycles. The van der Waals surface area contributed by atoms with E-state index >= 15 is 0 Å². The lowest BCUT2D eigenvalue weighted by Gasteiger charge is -2.17. The van der Waals surface area contributed by atoms with Crippen LogP contribution in [0.15, 0.2) is 19.9 Å². The molecular weight excluding hydrogens is 402 g/mol. The molecule has 3 N–H and O–H groups in total. The molecule has 3 atom stereocenters. The molecule has 110 valence electrons. The van der Waals surface area contributed by atoms with Gasteiger partial charge < -0.3 is 14.9 Å². The molecule has 0 radical (unpaired) electrons.